The molecule has 2 heterocycles. The maximum absolute atomic E-state index is 12.1. The standard InChI is InChI=1S/C13H11BrN4O/c1-2-17-8-15-12-11(13(17)19)7-16-18(12)10-5-3-9(14)4-6-10/h3-8H,2H2,1H3. The van der Waals surface area contributed by atoms with Crippen molar-refractivity contribution < 1.29 is 0 Å². The van der Waals surface area contributed by atoms with Crippen LogP contribution in [-0.4, -0.2) is 19.3 Å². The van der Waals surface area contributed by atoms with E-state index in [2.05, 4.69) is 26.0 Å². The molecule has 1 aromatic carbocycles. The Balaban J connectivity index is 2.24. The van der Waals surface area contributed by atoms with E-state index in [0.717, 1.165) is 10.2 Å². The Morgan fingerprint density at radius 1 is 1.26 bits per heavy atom. The summed E-state index contributed by atoms with van der Waals surface area (Å²) in [6.07, 6.45) is 3.13. The van der Waals surface area contributed by atoms with Crippen molar-refractivity contribution in [2.24, 2.45) is 0 Å². The summed E-state index contributed by atoms with van der Waals surface area (Å²) in [6.45, 7) is 2.51. The number of halogens is 1. The fourth-order valence-corrected chi connectivity index (χ4v) is 2.21. The van der Waals surface area contributed by atoms with Crippen LogP contribution < -0.4 is 5.56 Å². The minimum Gasteiger partial charge on any atom is -0.299 e. The van der Waals surface area contributed by atoms with Gasteiger partial charge in [-0.3, -0.25) is 9.36 Å². The predicted octanol–water partition coefficient (Wildman–Crippen LogP) is 2.36. The third-order valence-electron chi connectivity index (χ3n) is 2.97. The van der Waals surface area contributed by atoms with E-state index in [0.29, 0.717) is 17.6 Å². The van der Waals surface area contributed by atoms with E-state index in [9.17, 15) is 4.79 Å². The number of aryl methyl sites for hydroxylation is 1. The van der Waals surface area contributed by atoms with Gasteiger partial charge in [0.05, 0.1) is 18.2 Å². The summed E-state index contributed by atoms with van der Waals surface area (Å²) in [4.78, 5) is 16.4. The summed E-state index contributed by atoms with van der Waals surface area (Å²) in [5, 5.41) is 4.79. The quantitative estimate of drug-likeness (QED) is 0.729. The van der Waals surface area contributed by atoms with Crippen LogP contribution in [-0.2, 0) is 6.54 Å². The second-order valence-corrected chi connectivity index (χ2v) is 5.02. The van der Waals surface area contributed by atoms with Crippen LogP contribution in [0.15, 0.2) is 46.1 Å². The molecular formula is C13H11BrN4O. The van der Waals surface area contributed by atoms with Gasteiger partial charge in [0.2, 0.25) is 0 Å². The number of hydrogen-bond acceptors (Lipinski definition) is 3. The van der Waals surface area contributed by atoms with Crippen LogP contribution in [0.3, 0.4) is 0 Å². The van der Waals surface area contributed by atoms with Crippen LogP contribution in [0.2, 0.25) is 0 Å². The molecule has 2 aromatic heterocycles. The lowest BCUT2D eigenvalue weighted by Crippen LogP contribution is -2.19. The molecule has 5 nitrogen and oxygen atoms in total. The SMILES string of the molecule is CCn1cnc2c(cnn2-c2ccc(Br)cc2)c1=O. The number of rotatable bonds is 2. The van der Waals surface area contributed by atoms with E-state index in [1.165, 1.54) is 0 Å². The highest BCUT2D eigenvalue weighted by Gasteiger charge is 2.10. The largest absolute Gasteiger partial charge is 0.299 e. The third-order valence-corrected chi connectivity index (χ3v) is 3.50. The number of fused-ring (bicyclic) bond motifs is 1. The molecule has 0 aliphatic rings. The normalized spacial score (nSPS) is 11.1. The minimum absolute atomic E-state index is 0.0594. The van der Waals surface area contributed by atoms with Gasteiger partial charge >= 0.3 is 0 Å². The molecule has 0 spiro atoms. The van der Waals surface area contributed by atoms with Gasteiger partial charge in [0.1, 0.15) is 5.39 Å². The molecule has 0 aliphatic heterocycles. The zero-order chi connectivity index (χ0) is 13.4. The van der Waals surface area contributed by atoms with E-state index >= 15 is 0 Å². The lowest BCUT2D eigenvalue weighted by molar-refractivity contribution is 0.715. The summed E-state index contributed by atoms with van der Waals surface area (Å²) in [5.74, 6) is 0. The van der Waals surface area contributed by atoms with E-state index in [4.69, 9.17) is 0 Å². The Bertz CT molecular complexity index is 789. The van der Waals surface area contributed by atoms with Gasteiger partial charge in [-0.15, -0.1) is 0 Å². The van der Waals surface area contributed by atoms with Crippen molar-refractivity contribution in [1.29, 1.82) is 0 Å². The van der Waals surface area contributed by atoms with Gasteiger partial charge in [-0.2, -0.15) is 5.10 Å². The summed E-state index contributed by atoms with van der Waals surface area (Å²) >= 11 is 3.39. The molecule has 96 valence electrons. The average Bonchev–Trinajstić information content (AvgIpc) is 2.85. The van der Waals surface area contributed by atoms with Gasteiger partial charge in [0, 0.05) is 11.0 Å². The summed E-state index contributed by atoms with van der Waals surface area (Å²) in [7, 11) is 0. The fourth-order valence-electron chi connectivity index (χ4n) is 1.95. The van der Waals surface area contributed by atoms with Crippen LogP contribution in [0, 0.1) is 0 Å². The van der Waals surface area contributed by atoms with Crippen molar-refractivity contribution in [1.82, 2.24) is 19.3 Å². The van der Waals surface area contributed by atoms with Crippen LogP contribution in [0.1, 0.15) is 6.92 Å². The van der Waals surface area contributed by atoms with Gasteiger partial charge in [-0.05, 0) is 31.2 Å². The first-order chi connectivity index (χ1) is 9.20. The molecular weight excluding hydrogens is 308 g/mol. The van der Waals surface area contributed by atoms with Crippen molar-refractivity contribution in [3.05, 3.63) is 51.6 Å². The zero-order valence-electron chi connectivity index (χ0n) is 10.2. The minimum atomic E-state index is -0.0594. The monoisotopic (exact) mass is 318 g/mol. The highest BCUT2D eigenvalue weighted by molar-refractivity contribution is 9.10. The molecule has 0 radical (unpaired) electrons. The second-order valence-electron chi connectivity index (χ2n) is 4.11. The van der Waals surface area contributed by atoms with Crippen molar-refractivity contribution in [3.8, 4) is 5.69 Å². The molecule has 0 amide bonds. The van der Waals surface area contributed by atoms with Gasteiger partial charge in [0.25, 0.3) is 5.56 Å². The van der Waals surface area contributed by atoms with Crippen molar-refractivity contribution >= 4 is 27.0 Å². The van der Waals surface area contributed by atoms with E-state index in [1.807, 2.05) is 31.2 Å². The average molecular weight is 319 g/mol. The van der Waals surface area contributed by atoms with Crippen LogP contribution >= 0.6 is 15.9 Å². The molecule has 0 N–H and O–H groups in total. The van der Waals surface area contributed by atoms with E-state index < -0.39 is 0 Å². The molecule has 3 aromatic rings. The summed E-state index contributed by atoms with van der Waals surface area (Å²) < 4.78 is 4.23. The highest BCUT2D eigenvalue weighted by Crippen LogP contribution is 2.16. The molecule has 6 heteroatoms. The molecule has 0 saturated carbocycles. The first-order valence-electron chi connectivity index (χ1n) is 5.90. The molecule has 3 rings (SSSR count). The first-order valence-corrected chi connectivity index (χ1v) is 6.69. The Morgan fingerprint density at radius 3 is 2.68 bits per heavy atom. The number of hydrogen-bond donors (Lipinski definition) is 0. The smallest absolute Gasteiger partial charge is 0.264 e. The second kappa shape index (κ2) is 4.62. The Labute approximate surface area is 117 Å². The van der Waals surface area contributed by atoms with Crippen molar-refractivity contribution in [3.63, 3.8) is 0 Å². The van der Waals surface area contributed by atoms with Crippen molar-refractivity contribution in [2.45, 2.75) is 13.5 Å². The van der Waals surface area contributed by atoms with Gasteiger partial charge in [0.15, 0.2) is 5.65 Å². The first kappa shape index (κ1) is 12.1. The number of aromatic nitrogens is 4. The van der Waals surface area contributed by atoms with E-state index in [1.54, 1.807) is 21.8 Å². The fraction of sp³-hybridized carbons (Fsp3) is 0.154. The molecule has 19 heavy (non-hydrogen) atoms. The molecule has 0 aliphatic carbocycles. The maximum atomic E-state index is 12.1. The Hall–Kier alpha value is -1.95. The van der Waals surface area contributed by atoms with Gasteiger partial charge in [-0.1, -0.05) is 15.9 Å². The Kier molecular flexibility index (Phi) is 2.94. The number of benzene rings is 1. The topological polar surface area (TPSA) is 52.7 Å². The highest BCUT2D eigenvalue weighted by atomic mass is 79.9. The molecule has 0 unspecified atom stereocenters. The summed E-state index contributed by atoms with van der Waals surface area (Å²) in [5.41, 5.74) is 1.40. The lowest BCUT2D eigenvalue weighted by atomic mass is 10.3. The van der Waals surface area contributed by atoms with Gasteiger partial charge in [-0.25, -0.2) is 9.67 Å². The van der Waals surface area contributed by atoms with Gasteiger partial charge < -0.3 is 0 Å². The van der Waals surface area contributed by atoms with Crippen molar-refractivity contribution in [2.75, 3.05) is 0 Å². The molecule has 0 fully saturated rings. The van der Waals surface area contributed by atoms with Crippen LogP contribution in [0.4, 0.5) is 0 Å². The van der Waals surface area contributed by atoms with Crippen LogP contribution in [0.5, 0.6) is 0 Å². The van der Waals surface area contributed by atoms with Crippen LogP contribution in [0.25, 0.3) is 16.7 Å². The summed E-state index contributed by atoms with van der Waals surface area (Å²) in [6, 6.07) is 7.69. The maximum Gasteiger partial charge on any atom is 0.264 e. The molecule has 0 bridgehead atoms. The lowest BCUT2D eigenvalue weighted by Gasteiger charge is -2.04. The number of nitrogens with zero attached hydrogens (tertiary/aromatic N) is 4. The van der Waals surface area contributed by atoms with E-state index in [-0.39, 0.29) is 5.56 Å². The molecule has 0 saturated heterocycles. The Morgan fingerprint density at radius 2 is 2.00 bits per heavy atom. The zero-order valence-corrected chi connectivity index (χ0v) is 11.8. The predicted molar refractivity (Wildman–Crippen MR) is 76.5 cm³/mol. The molecule has 0 atom stereocenters. The third kappa shape index (κ3) is 1.98.